The van der Waals surface area contributed by atoms with Crippen molar-refractivity contribution in [3.05, 3.63) is 40.9 Å². The van der Waals surface area contributed by atoms with E-state index in [2.05, 4.69) is 39.6 Å². The Morgan fingerprint density at radius 1 is 1.21 bits per heavy atom. The number of halogens is 1. The Bertz CT molecular complexity index is 735. The van der Waals surface area contributed by atoms with Crippen molar-refractivity contribution in [2.45, 2.75) is 52.6 Å². The van der Waals surface area contributed by atoms with Crippen molar-refractivity contribution in [1.82, 2.24) is 20.8 Å². The average molecular weight is 499 g/mol. The molecule has 2 aromatic heterocycles. The third kappa shape index (κ3) is 6.35. The molecule has 0 bridgehead atoms. The fraction of sp³-hybridized carbons (Fsp3) is 0.550. The van der Waals surface area contributed by atoms with Crippen molar-refractivity contribution in [1.29, 1.82) is 0 Å². The molecule has 1 aliphatic carbocycles. The van der Waals surface area contributed by atoms with Crippen molar-refractivity contribution < 1.29 is 9.26 Å². The lowest BCUT2D eigenvalue weighted by Gasteiger charge is -2.12. The lowest BCUT2D eigenvalue weighted by Crippen LogP contribution is -2.36. The lowest BCUT2D eigenvalue weighted by atomic mass is 10.1. The summed E-state index contributed by atoms with van der Waals surface area (Å²) in [4.78, 5) is 8.66. The van der Waals surface area contributed by atoms with Crippen LogP contribution in [0.3, 0.4) is 0 Å². The maximum atomic E-state index is 5.67. The Morgan fingerprint density at radius 2 is 2.00 bits per heavy atom. The normalized spacial score (nSPS) is 13.8. The summed E-state index contributed by atoms with van der Waals surface area (Å²) in [5, 5.41) is 10.8. The van der Waals surface area contributed by atoms with Gasteiger partial charge in [-0.15, -0.1) is 24.0 Å². The van der Waals surface area contributed by atoms with Gasteiger partial charge in [-0.05, 0) is 30.7 Å². The predicted molar refractivity (Wildman–Crippen MR) is 120 cm³/mol. The highest BCUT2D eigenvalue weighted by molar-refractivity contribution is 14.0. The van der Waals surface area contributed by atoms with Crippen molar-refractivity contribution in [3.63, 3.8) is 0 Å². The molecule has 2 N–H and O–H groups in total. The Kier molecular flexibility index (Phi) is 9.01. The van der Waals surface area contributed by atoms with E-state index in [1.807, 2.05) is 18.3 Å². The van der Waals surface area contributed by atoms with Crippen LogP contribution in [0.25, 0.3) is 0 Å². The van der Waals surface area contributed by atoms with Crippen LogP contribution in [0.15, 0.2) is 27.8 Å². The molecule has 2 aromatic rings. The van der Waals surface area contributed by atoms with Gasteiger partial charge in [0.2, 0.25) is 5.88 Å². The molecule has 0 radical (unpaired) electrons. The number of ether oxygens (including phenoxy) is 1. The monoisotopic (exact) mass is 499 g/mol. The van der Waals surface area contributed by atoms with Crippen LogP contribution in [0.5, 0.6) is 5.88 Å². The van der Waals surface area contributed by atoms with E-state index in [0.29, 0.717) is 19.0 Å². The molecule has 28 heavy (non-hydrogen) atoms. The third-order valence-corrected chi connectivity index (χ3v) is 4.68. The Morgan fingerprint density at radius 3 is 2.61 bits per heavy atom. The molecule has 1 fully saturated rings. The number of pyridine rings is 1. The summed E-state index contributed by atoms with van der Waals surface area (Å²) in [6.45, 7) is 6.21. The lowest BCUT2D eigenvalue weighted by molar-refractivity contribution is 0.288. The highest BCUT2D eigenvalue weighted by Gasteiger charge is 2.22. The number of guanidine groups is 1. The summed E-state index contributed by atoms with van der Waals surface area (Å²) < 4.78 is 11.1. The third-order valence-electron chi connectivity index (χ3n) is 4.68. The van der Waals surface area contributed by atoms with Gasteiger partial charge in [-0.25, -0.2) is 4.98 Å². The van der Waals surface area contributed by atoms with Gasteiger partial charge in [0.25, 0.3) is 0 Å². The average Bonchev–Trinajstić information content (AvgIpc) is 3.45. The molecule has 8 heteroatoms. The fourth-order valence-corrected chi connectivity index (χ4v) is 2.80. The zero-order valence-electron chi connectivity index (χ0n) is 16.8. The summed E-state index contributed by atoms with van der Waals surface area (Å²) >= 11 is 0. The van der Waals surface area contributed by atoms with E-state index in [1.165, 1.54) is 12.8 Å². The SMILES string of the molecule is CCc1noc(CC)c1CNC(=NC)NCc1ccc(OCC2CC2)nc1.I. The first kappa shape index (κ1) is 22.4. The minimum atomic E-state index is 0. The van der Waals surface area contributed by atoms with Crippen molar-refractivity contribution in [2.75, 3.05) is 13.7 Å². The maximum absolute atomic E-state index is 5.67. The molecule has 154 valence electrons. The van der Waals surface area contributed by atoms with E-state index < -0.39 is 0 Å². The number of aryl methyl sites for hydroxylation is 2. The summed E-state index contributed by atoms with van der Waals surface area (Å²) in [7, 11) is 1.76. The van der Waals surface area contributed by atoms with Gasteiger partial charge in [0.15, 0.2) is 5.96 Å². The standard InChI is InChI=1S/C20H29N5O2.HI/c1-4-17-16(18(5-2)27-25-17)12-24-20(21-3)23-11-15-8-9-19(22-10-15)26-13-14-6-7-14;/h8-10,14H,4-7,11-13H2,1-3H3,(H2,21,23,24);1H. The molecular formula is C20H30IN5O2. The van der Waals surface area contributed by atoms with Gasteiger partial charge in [0.1, 0.15) is 5.76 Å². The molecule has 0 atom stereocenters. The number of aromatic nitrogens is 2. The molecular weight excluding hydrogens is 469 g/mol. The number of nitrogens with zero attached hydrogens (tertiary/aromatic N) is 3. The second-order valence-electron chi connectivity index (χ2n) is 6.78. The Hall–Kier alpha value is -1.84. The molecule has 0 saturated heterocycles. The van der Waals surface area contributed by atoms with Crippen LogP contribution in [0, 0.1) is 5.92 Å². The minimum absolute atomic E-state index is 0. The zero-order valence-corrected chi connectivity index (χ0v) is 19.2. The van der Waals surface area contributed by atoms with Crippen LogP contribution >= 0.6 is 24.0 Å². The summed E-state index contributed by atoms with van der Waals surface area (Å²) in [6.07, 6.45) is 6.09. The first-order valence-corrected chi connectivity index (χ1v) is 9.72. The number of hydrogen-bond acceptors (Lipinski definition) is 5. The van der Waals surface area contributed by atoms with Gasteiger partial charge >= 0.3 is 0 Å². The van der Waals surface area contributed by atoms with Crippen LogP contribution in [-0.2, 0) is 25.9 Å². The van der Waals surface area contributed by atoms with Crippen LogP contribution < -0.4 is 15.4 Å². The molecule has 3 rings (SSSR count). The molecule has 0 unspecified atom stereocenters. The molecule has 0 aliphatic heterocycles. The van der Waals surface area contributed by atoms with E-state index in [0.717, 1.165) is 53.9 Å². The number of hydrogen-bond donors (Lipinski definition) is 2. The largest absolute Gasteiger partial charge is 0.477 e. The van der Waals surface area contributed by atoms with Crippen molar-refractivity contribution in [2.24, 2.45) is 10.9 Å². The van der Waals surface area contributed by atoms with Gasteiger partial charge in [0.05, 0.1) is 12.3 Å². The van der Waals surface area contributed by atoms with Crippen LogP contribution in [0.2, 0.25) is 0 Å². The second kappa shape index (κ2) is 11.2. The van der Waals surface area contributed by atoms with E-state index in [-0.39, 0.29) is 24.0 Å². The molecule has 0 aromatic carbocycles. The topological polar surface area (TPSA) is 84.6 Å². The molecule has 1 aliphatic rings. The Balaban J connectivity index is 0.00000280. The molecule has 7 nitrogen and oxygen atoms in total. The number of aliphatic imine (C=N–C) groups is 1. The van der Waals surface area contributed by atoms with E-state index in [9.17, 15) is 0 Å². The van der Waals surface area contributed by atoms with E-state index in [1.54, 1.807) is 7.05 Å². The summed E-state index contributed by atoms with van der Waals surface area (Å²) in [5.41, 5.74) is 3.20. The summed E-state index contributed by atoms with van der Waals surface area (Å²) in [6, 6.07) is 3.95. The quantitative estimate of drug-likeness (QED) is 0.312. The maximum Gasteiger partial charge on any atom is 0.213 e. The van der Waals surface area contributed by atoms with E-state index >= 15 is 0 Å². The second-order valence-corrected chi connectivity index (χ2v) is 6.78. The van der Waals surface area contributed by atoms with Gasteiger partial charge < -0.3 is 19.9 Å². The first-order valence-electron chi connectivity index (χ1n) is 9.72. The highest BCUT2D eigenvalue weighted by atomic mass is 127. The van der Waals surface area contributed by atoms with Gasteiger partial charge in [-0.1, -0.05) is 25.1 Å². The van der Waals surface area contributed by atoms with Gasteiger partial charge in [0, 0.05) is 44.4 Å². The molecule has 2 heterocycles. The Labute approximate surface area is 183 Å². The number of nitrogens with one attached hydrogen (secondary N) is 2. The van der Waals surface area contributed by atoms with Crippen LogP contribution in [0.4, 0.5) is 0 Å². The molecule has 0 spiro atoms. The minimum Gasteiger partial charge on any atom is -0.477 e. The highest BCUT2D eigenvalue weighted by Crippen LogP contribution is 2.29. The summed E-state index contributed by atoms with van der Waals surface area (Å²) in [5.74, 6) is 3.09. The molecule has 0 amide bonds. The fourth-order valence-electron chi connectivity index (χ4n) is 2.80. The smallest absolute Gasteiger partial charge is 0.213 e. The van der Waals surface area contributed by atoms with Gasteiger partial charge in [-0.3, -0.25) is 4.99 Å². The van der Waals surface area contributed by atoms with Gasteiger partial charge in [-0.2, -0.15) is 0 Å². The molecule has 1 saturated carbocycles. The first-order chi connectivity index (χ1) is 13.2. The zero-order chi connectivity index (χ0) is 19.1. The van der Waals surface area contributed by atoms with Crippen molar-refractivity contribution in [3.8, 4) is 5.88 Å². The van der Waals surface area contributed by atoms with Crippen molar-refractivity contribution >= 4 is 29.9 Å². The number of rotatable bonds is 9. The van der Waals surface area contributed by atoms with Crippen LogP contribution in [0.1, 0.15) is 49.3 Å². The van der Waals surface area contributed by atoms with Crippen LogP contribution in [-0.4, -0.2) is 29.8 Å². The van der Waals surface area contributed by atoms with E-state index in [4.69, 9.17) is 9.26 Å². The predicted octanol–water partition coefficient (Wildman–Crippen LogP) is 3.47.